The lowest BCUT2D eigenvalue weighted by Crippen LogP contribution is -2.47. The Morgan fingerprint density at radius 3 is 3.12 bits per heavy atom. The lowest BCUT2D eigenvalue weighted by Gasteiger charge is -2.24. The fourth-order valence-corrected chi connectivity index (χ4v) is 2.73. The molecule has 0 spiro atoms. The molecule has 0 saturated carbocycles. The van der Waals surface area contributed by atoms with Crippen LogP contribution >= 0.6 is 11.3 Å². The highest BCUT2D eigenvalue weighted by atomic mass is 32.1. The molecule has 3 nitrogen and oxygen atoms in total. The van der Waals surface area contributed by atoms with Gasteiger partial charge in [0.25, 0.3) is 0 Å². The number of hydrogen-bond donors (Lipinski definition) is 2. The molecule has 1 aliphatic heterocycles. The lowest BCUT2D eigenvalue weighted by molar-refractivity contribution is -0.124. The van der Waals surface area contributed by atoms with Gasteiger partial charge in [-0.3, -0.25) is 4.79 Å². The average molecular weight is 238 g/mol. The fraction of sp³-hybridized carbons (Fsp3) is 0.583. The number of carbonyl (C=O) groups is 1. The summed E-state index contributed by atoms with van der Waals surface area (Å²) in [5.74, 6) is 0.139. The van der Waals surface area contributed by atoms with Gasteiger partial charge in [0.1, 0.15) is 0 Å². The second-order valence-corrected chi connectivity index (χ2v) is 5.23. The van der Waals surface area contributed by atoms with Gasteiger partial charge in [-0.15, -0.1) is 11.3 Å². The van der Waals surface area contributed by atoms with E-state index < -0.39 is 0 Å². The Labute approximate surface area is 100 Å². The number of hydrogen-bond acceptors (Lipinski definition) is 3. The highest BCUT2D eigenvalue weighted by Gasteiger charge is 2.22. The molecule has 16 heavy (non-hydrogen) atoms. The summed E-state index contributed by atoms with van der Waals surface area (Å²) in [4.78, 5) is 13.1. The number of amides is 1. The minimum Gasteiger partial charge on any atom is -0.347 e. The number of rotatable bonds is 3. The van der Waals surface area contributed by atoms with Crippen LogP contribution in [0.3, 0.4) is 0 Å². The predicted molar refractivity (Wildman–Crippen MR) is 66.5 cm³/mol. The van der Waals surface area contributed by atoms with Gasteiger partial charge in [-0.2, -0.15) is 0 Å². The molecule has 0 radical (unpaired) electrons. The molecule has 2 heterocycles. The molecule has 0 aliphatic carbocycles. The van der Waals surface area contributed by atoms with Gasteiger partial charge in [0.2, 0.25) is 5.91 Å². The topological polar surface area (TPSA) is 41.1 Å². The maximum atomic E-state index is 11.9. The van der Waals surface area contributed by atoms with E-state index in [0.717, 1.165) is 19.4 Å². The van der Waals surface area contributed by atoms with Gasteiger partial charge in [0.05, 0.1) is 12.1 Å². The van der Waals surface area contributed by atoms with Gasteiger partial charge in [-0.1, -0.05) is 12.5 Å². The fourth-order valence-electron chi connectivity index (χ4n) is 2.00. The highest BCUT2D eigenvalue weighted by molar-refractivity contribution is 7.10. The monoisotopic (exact) mass is 238 g/mol. The summed E-state index contributed by atoms with van der Waals surface area (Å²) >= 11 is 1.68. The molecule has 1 aromatic heterocycles. The molecule has 0 aromatic carbocycles. The first kappa shape index (κ1) is 11.6. The molecule has 1 unspecified atom stereocenters. The van der Waals surface area contributed by atoms with Gasteiger partial charge in [-0.25, -0.2) is 0 Å². The van der Waals surface area contributed by atoms with E-state index in [4.69, 9.17) is 0 Å². The summed E-state index contributed by atoms with van der Waals surface area (Å²) in [6.45, 7) is 3.00. The van der Waals surface area contributed by atoms with Crippen molar-refractivity contribution in [1.29, 1.82) is 0 Å². The number of nitrogens with one attached hydrogen (secondary N) is 2. The zero-order chi connectivity index (χ0) is 11.4. The second-order valence-electron chi connectivity index (χ2n) is 4.25. The van der Waals surface area contributed by atoms with Crippen molar-refractivity contribution in [2.45, 2.75) is 38.3 Å². The van der Waals surface area contributed by atoms with Crippen molar-refractivity contribution in [3.63, 3.8) is 0 Å². The van der Waals surface area contributed by atoms with Crippen molar-refractivity contribution in [2.75, 3.05) is 6.54 Å². The third kappa shape index (κ3) is 2.83. The summed E-state index contributed by atoms with van der Waals surface area (Å²) in [5.41, 5.74) is 0. The van der Waals surface area contributed by atoms with Gasteiger partial charge >= 0.3 is 0 Å². The van der Waals surface area contributed by atoms with Crippen LogP contribution in [0.2, 0.25) is 0 Å². The quantitative estimate of drug-likeness (QED) is 0.846. The molecule has 1 fully saturated rings. The molecule has 1 aliphatic rings. The van der Waals surface area contributed by atoms with Crippen molar-refractivity contribution in [2.24, 2.45) is 0 Å². The Morgan fingerprint density at radius 1 is 1.62 bits per heavy atom. The molecule has 1 saturated heterocycles. The summed E-state index contributed by atoms with van der Waals surface area (Å²) in [6.07, 6.45) is 3.30. The SMILES string of the molecule is CC(NC(=O)[C@@H]1CCCCN1)c1cccs1. The standard InChI is InChI=1S/C12H18N2OS/c1-9(11-6-4-8-16-11)14-12(15)10-5-2-3-7-13-10/h4,6,8-10,13H,2-3,5,7H2,1H3,(H,14,15)/t9?,10-/m0/s1. The van der Waals surface area contributed by atoms with Crippen LogP contribution in [0.5, 0.6) is 0 Å². The Balaban J connectivity index is 1.86. The molecule has 0 bridgehead atoms. The molecule has 2 N–H and O–H groups in total. The Bertz CT molecular complexity index is 331. The average Bonchev–Trinajstić information content (AvgIpc) is 2.83. The van der Waals surface area contributed by atoms with Crippen molar-refractivity contribution >= 4 is 17.2 Å². The van der Waals surface area contributed by atoms with Crippen LogP contribution in [-0.4, -0.2) is 18.5 Å². The van der Waals surface area contributed by atoms with E-state index in [-0.39, 0.29) is 18.0 Å². The summed E-state index contributed by atoms with van der Waals surface area (Å²) in [7, 11) is 0. The summed E-state index contributed by atoms with van der Waals surface area (Å²) < 4.78 is 0. The van der Waals surface area contributed by atoms with Crippen molar-refractivity contribution < 1.29 is 4.79 Å². The van der Waals surface area contributed by atoms with E-state index in [0.29, 0.717) is 0 Å². The molecule has 1 amide bonds. The van der Waals surface area contributed by atoms with Crippen molar-refractivity contribution in [3.05, 3.63) is 22.4 Å². The van der Waals surface area contributed by atoms with Crippen LogP contribution in [0.15, 0.2) is 17.5 Å². The molecule has 2 atom stereocenters. The largest absolute Gasteiger partial charge is 0.347 e. The zero-order valence-electron chi connectivity index (χ0n) is 9.53. The lowest BCUT2D eigenvalue weighted by atomic mass is 10.0. The van der Waals surface area contributed by atoms with Gasteiger partial charge in [0, 0.05) is 4.88 Å². The van der Waals surface area contributed by atoms with E-state index in [1.807, 2.05) is 18.4 Å². The van der Waals surface area contributed by atoms with Crippen LogP contribution < -0.4 is 10.6 Å². The molecule has 2 rings (SSSR count). The van der Waals surface area contributed by atoms with Crippen LogP contribution in [0.4, 0.5) is 0 Å². The molecular weight excluding hydrogens is 220 g/mol. The van der Waals surface area contributed by atoms with Gasteiger partial charge in [-0.05, 0) is 37.8 Å². The summed E-state index contributed by atoms with van der Waals surface area (Å²) in [5, 5.41) is 8.36. The van der Waals surface area contributed by atoms with Crippen LogP contribution in [0.1, 0.15) is 37.1 Å². The van der Waals surface area contributed by atoms with Crippen molar-refractivity contribution in [1.82, 2.24) is 10.6 Å². The van der Waals surface area contributed by atoms with Crippen LogP contribution in [0, 0.1) is 0 Å². The van der Waals surface area contributed by atoms with E-state index in [1.54, 1.807) is 11.3 Å². The van der Waals surface area contributed by atoms with E-state index in [9.17, 15) is 4.79 Å². The Hall–Kier alpha value is -0.870. The number of carbonyl (C=O) groups excluding carboxylic acids is 1. The minimum atomic E-state index is 0.0103. The van der Waals surface area contributed by atoms with E-state index in [2.05, 4.69) is 16.7 Å². The number of thiophene rings is 1. The third-order valence-electron chi connectivity index (χ3n) is 2.96. The second kappa shape index (κ2) is 5.46. The van der Waals surface area contributed by atoms with Crippen LogP contribution in [-0.2, 0) is 4.79 Å². The first-order chi connectivity index (χ1) is 7.77. The third-order valence-corrected chi connectivity index (χ3v) is 4.01. The van der Waals surface area contributed by atoms with E-state index >= 15 is 0 Å². The van der Waals surface area contributed by atoms with Crippen molar-refractivity contribution in [3.8, 4) is 0 Å². The molecule has 4 heteroatoms. The zero-order valence-corrected chi connectivity index (χ0v) is 10.3. The highest BCUT2D eigenvalue weighted by Crippen LogP contribution is 2.18. The minimum absolute atomic E-state index is 0.0103. The van der Waals surface area contributed by atoms with Gasteiger partial charge in [0.15, 0.2) is 0 Å². The smallest absolute Gasteiger partial charge is 0.237 e. The first-order valence-corrected chi connectivity index (χ1v) is 6.72. The molecular formula is C12H18N2OS. The summed E-state index contributed by atoms with van der Waals surface area (Å²) in [6, 6.07) is 4.21. The van der Waals surface area contributed by atoms with Crippen LogP contribution in [0.25, 0.3) is 0 Å². The normalized spacial score (nSPS) is 22.7. The predicted octanol–water partition coefficient (Wildman–Crippen LogP) is 2.07. The maximum absolute atomic E-state index is 11.9. The van der Waals surface area contributed by atoms with Gasteiger partial charge < -0.3 is 10.6 Å². The Morgan fingerprint density at radius 2 is 2.50 bits per heavy atom. The maximum Gasteiger partial charge on any atom is 0.237 e. The first-order valence-electron chi connectivity index (χ1n) is 5.84. The molecule has 88 valence electrons. The number of piperidine rings is 1. The van der Waals surface area contributed by atoms with E-state index in [1.165, 1.54) is 11.3 Å². The molecule has 1 aromatic rings. The Kier molecular flexibility index (Phi) is 3.96.